The predicted molar refractivity (Wildman–Crippen MR) is 108 cm³/mol. The third-order valence-electron chi connectivity index (χ3n) is 6.10. The normalized spacial score (nSPS) is 22.6. The summed E-state index contributed by atoms with van der Waals surface area (Å²) in [5.74, 6) is 2.61. The van der Waals surface area contributed by atoms with Gasteiger partial charge in [-0.2, -0.15) is 5.10 Å². The van der Waals surface area contributed by atoms with Crippen LogP contribution in [0.4, 0.5) is 0 Å². The highest BCUT2D eigenvalue weighted by atomic mass is 16.7. The van der Waals surface area contributed by atoms with E-state index in [0.29, 0.717) is 13.4 Å². The minimum atomic E-state index is 0.0137. The van der Waals surface area contributed by atoms with E-state index < -0.39 is 0 Å². The van der Waals surface area contributed by atoms with Crippen LogP contribution >= 0.6 is 0 Å². The molecule has 1 aromatic heterocycles. The Bertz CT molecular complexity index is 921. The Morgan fingerprint density at radius 1 is 1.31 bits per heavy atom. The summed E-state index contributed by atoms with van der Waals surface area (Å²) in [5, 5.41) is 7.88. The molecular formula is C21H27N5O3. The number of benzene rings is 1. The molecule has 29 heavy (non-hydrogen) atoms. The van der Waals surface area contributed by atoms with Crippen LogP contribution < -0.4 is 14.8 Å². The van der Waals surface area contributed by atoms with E-state index in [-0.39, 0.29) is 11.5 Å². The Kier molecular flexibility index (Phi) is 4.58. The monoisotopic (exact) mass is 397 g/mol. The fourth-order valence-electron chi connectivity index (χ4n) is 4.18. The number of morpholine rings is 1. The lowest BCUT2D eigenvalue weighted by molar-refractivity contribution is -0.00805. The Morgan fingerprint density at radius 3 is 2.93 bits per heavy atom. The fourth-order valence-corrected chi connectivity index (χ4v) is 4.18. The van der Waals surface area contributed by atoms with Gasteiger partial charge in [0.1, 0.15) is 6.10 Å². The summed E-state index contributed by atoms with van der Waals surface area (Å²) in [6.07, 6.45) is 6.24. The number of rotatable bonds is 4. The van der Waals surface area contributed by atoms with E-state index >= 15 is 0 Å². The zero-order chi connectivity index (χ0) is 19.8. The van der Waals surface area contributed by atoms with Crippen molar-refractivity contribution in [3.63, 3.8) is 0 Å². The van der Waals surface area contributed by atoms with Crippen LogP contribution in [-0.4, -0.2) is 60.7 Å². The highest BCUT2D eigenvalue weighted by Gasteiger charge is 2.45. The smallest absolute Gasteiger partial charge is 0.231 e. The van der Waals surface area contributed by atoms with Gasteiger partial charge in [0.05, 0.1) is 19.3 Å². The first-order valence-corrected chi connectivity index (χ1v) is 10.1. The van der Waals surface area contributed by atoms with E-state index in [1.54, 1.807) is 0 Å². The van der Waals surface area contributed by atoms with Gasteiger partial charge in [0.2, 0.25) is 6.79 Å². The third-order valence-corrected chi connectivity index (χ3v) is 6.10. The molecular weight excluding hydrogens is 370 g/mol. The molecule has 0 radical (unpaired) electrons. The Hall–Kier alpha value is -2.74. The van der Waals surface area contributed by atoms with E-state index in [9.17, 15) is 0 Å². The molecule has 1 saturated heterocycles. The summed E-state index contributed by atoms with van der Waals surface area (Å²) in [6, 6.07) is 6.32. The molecule has 8 nitrogen and oxygen atoms in total. The molecule has 3 aliphatic rings. The van der Waals surface area contributed by atoms with Crippen LogP contribution in [0.25, 0.3) is 0 Å². The standard InChI is InChI=1S/C21H27N5O3/c1-22-20(26-7-8-27-19(12-26)15-10-24-25(2)11-15)23-13-21(5-6-21)16-3-4-17-18(9-16)29-14-28-17/h3-4,9-11,19H,5-8,12-14H2,1-2H3,(H,22,23). The van der Waals surface area contributed by atoms with Crippen molar-refractivity contribution in [3.8, 4) is 11.5 Å². The molecule has 0 bridgehead atoms. The Balaban J connectivity index is 1.25. The van der Waals surface area contributed by atoms with Crippen LogP contribution in [0.3, 0.4) is 0 Å². The topological polar surface area (TPSA) is 73.1 Å². The SMILES string of the molecule is CN=C(NCC1(c2ccc3c(c2)OCO3)CC1)N1CCOC(c2cnn(C)c2)C1. The molecule has 1 aliphatic carbocycles. The predicted octanol–water partition coefficient (Wildman–Crippen LogP) is 1.83. The second-order valence-electron chi connectivity index (χ2n) is 8.00. The number of aryl methyl sites for hydroxylation is 1. The van der Waals surface area contributed by atoms with Gasteiger partial charge in [-0.3, -0.25) is 9.67 Å². The number of guanidine groups is 1. The minimum Gasteiger partial charge on any atom is -0.454 e. The highest BCUT2D eigenvalue weighted by Crippen LogP contribution is 2.50. The fraction of sp³-hybridized carbons (Fsp3) is 0.524. The zero-order valence-corrected chi connectivity index (χ0v) is 16.9. The molecule has 0 amide bonds. The maximum absolute atomic E-state index is 5.97. The van der Waals surface area contributed by atoms with E-state index in [0.717, 1.165) is 55.5 Å². The summed E-state index contributed by atoms with van der Waals surface area (Å²) >= 11 is 0. The van der Waals surface area contributed by atoms with Gasteiger partial charge in [-0.25, -0.2) is 0 Å². The third kappa shape index (κ3) is 3.53. The quantitative estimate of drug-likeness (QED) is 0.627. The summed E-state index contributed by atoms with van der Waals surface area (Å²) in [7, 11) is 3.77. The minimum absolute atomic E-state index is 0.0137. The largest absolute Gasteiger partial charge is 0.454 e. The summed E-state index contributed by atoms with van der Waals surface area (Å²) in [6.45, 7) is 3.43. The van der Waals surface area contributed by atoms with Crippen LogP contribution in [0.1, 0.15) is 30.1 Å². The summed E-state index contributed by atoms with van der Waals surface area (Å²) in [5.41, 5.74) is 2.55. The maximum Gasteiger partial charge on any atom is 0.231 e. The summed E-state index contributed by atoms with van der Waals surface area (Å²) in [4.78, 5) is 6.81. The lowest BCUT2D eigenvalue weighted by atomic mass is 9.95. The van der Waals surface area contributed by atoms with E-state index in [1.165, 1.54) is 5.56 Å². The van der Waals surface area contributed by atoms with Gasteiger partial charge in [-0.05, 0) is 30.5 Å². The lowest BCUT2D eigenvalue weighted by Gasteiger charge is -2.35. The Morgan fingerprint density at radius 2 is 2.17 bits per heavy atom. The van der Waals surface area contributed by atoms with Crippen molar-refractivity contribution in [2.45, 2.75) is 24.4 Å². The summed E-state index contributed by atoms with van der Waals surface area (Å²) < 4.78 is 18.8. The van der Waals surface area contributed by atoms with Crippen molar-refractivity contribution in [3.05, 3.63) is 41.7 Å². The number of aromatic nitrogens is 2. The van der Waals surface area contributed by atoms with Crippen molar-refractivity contribution < 1.29 is 14.2 Å². The van der Waals surface area contributed by atoms with Crippen LogP contribution in [0, 0.1) is 0 Å². The molecule has 1 aromatic carbocycles. The van der Waals surface area contributed by atoms with Gasteiger partial charge in [-0.15, -0.1) is 0 Å². The average molecular weight is 397 g/mol. The van der Waals surface area contributed by atoms with Gasteiger partial charge in [-0.1, -0.05) is 6.07 Å². The first-order chi connectivity index (χ1) is 14.2. The number of ether oxygens (including phenoxy) is 3. The molecule has 1 N–H and O–H groups in total. The molecule has 0 spiro atoms. The first-order valence-electron chi connectivity index (χ1n) is 10.1. The van der Waals surface area contributed by atoms with E-state index in [4.69, 9.17) is 14.2 Å². The molecule has 2 aromatic rings. The number of fused-ring (bicyclic) bond motifs is 1. The molecule has 1 saturated carbocycles. The molecule has 1 unspecified atom stereocenters. The van der Waals surface area contributed by atoms with Gasteiger partial charge < -0.3 is 24.4 Å². The molecule has 1 atom stereocenters. The second-order valence-corrected chi connectivity index (χ2v) is 8.00. The molecule has 8 heteroatoms. The second kappa shape index (κ2) is 7.26. The number of nitrogens with one attached hydrogen (secondary N) is 1. The highest BCUT2D eigenvalue weighted by molar-refractivity contribution is 5.80. The number of aliphatic imine (C=N–C) groups is 1. The van der Waals surface area contributed by atoms with Crippen LogP contribution in [0.15, 0.2) is 35.6 Å². The molecule has 2 fully saturated rings. The van der Waals surface area contributed by atoms with Crippen molar-refractivity contribution in [1.82, 2.24) is 20.0 Å². The molecule has 154 valence electrons. The van der Waals surface area contributed by atoms with E-state index in [1.807, 2.05) is 37.2 Å². The van der Waals surface area contributed by atoms with Crippen LogP contribution in [0.2, 0.25) is 0 Å². The first kappa shape index (κ1) is 18.3. The molecule has 3 heterocycles. The maximum atomic E-state index is 5.97. The van der Waals surface area contributed by atoms with Crippen molar-refractivity contribution >= 4 is 5.96 Å². The molecule has 2 aliphatic heterocycles. The number of hydrogen-bond donors (Lipinski definition) is 1. The van der Waals surface area contributed by atoms with Crippen molar-refractivity contribution in [1.29, 1.82) is 0 Å². The van der Waals surface area contributed by atoms with Gasteiger partial charge in [0.25, 0.3) is 0 Å². The average Bonchev–Trinajstić information content (AvgIpc) is 3.17. The lowest BCUT2D eigenvalue weighted by Crippen LogP contribution is -2.49. The molecule has 5 rings (SSSR count). The van der Waals surface area contributed by atoms with Crippen molar-refractivity contribution in [2.75, 3.05) is 40.1 Å². The number of nitrogens with zero attached hydrogens (tertiary/aromatic N) is 4. The van der Waals surface area contributed by atoms with E-state index in [2.05, 4.69) is 32.4 Å². The number of hydrogen-bond acceptors (Lipinski definition) is 5. The van der Waals surface area contributed by atoms with Gasteiger partial charge in [0, 0.05) is 44.4 Å². The van der Waals surface area contributed by atoms with Gasteiger partial charge in [0.15, 0.2) is 17.5 Å². The van der Waals surface area contributed by atoms with Crippen LogP contribution in [0.5, 0.6) is 11.5 Å². The zero-order valence-electron chi connectivity index (χ0n) is 16.9. The van der Waals surface area contributed by atoms with Crippen molar-refractivity contribution in [2.24, 2.45) is 12.0 Å². The Labute approximate surface area is 170 Å². The van der Waals surface area contributed by atoms with Crippen LogP contribution in [-0.2, 0) is 17.2 Å². The van der Waals surface area contributed by atoms with Gasteiger partial charge >= 0.3 is 0 Å².